The van der Waals surface area contributed by atoms with Gasteiger partial charge in [0.25, 0.3) is 11.6 Å². The molecule has 0 aliphatic carbocycles. The molecular formula is C20H20FN3O6S. The summed E-state index contributed by atoms with van der Waals surface area (Å²) >= 11 is 0. The average molecular weight is 449 g/mol. The smallest absolute Gasteiger partial charge is 0.269 e. The predicted octanol–water partition coefficient (Wildman–Crippen LogP) is 2.35. The molecule has 0 aromatic heterocycles. The van der Waals surface area contributed by atoms with Gasteiger partial charge < -0.3 is 9.64 Å². The third kappa shape index (κ3) is 3.80. The standard InChI is InChI=1S/C20H20FN3O6S/c1-13-10-15-11-16(24(26)27)3-5-18(15)23(13)20(25)14-2-4-17(21)19(12-14)31(28,29)22-6-8-30-9-7-22/h2-5,11-13H,6-10H2,1H3/t13-/m1/s1. The SMILES string of the molecule is C[C@@H]1Cc2cc([N+](=O)[O-])ccc2N1C(=O)c1ccc(F)c(S(=O)(=O)N2CCOCC2)c1. The number of hydrogen-bond donors (Lipinski definition) is 0. The van der Waals surface area contributed by atoms with Crippen LogP contribution < -0.4 is 4.90 Å². The van der Waals surface area contributed by atoms with E-state index in [1.807, 2.05) is 0 Å². The Labute approximate surface area is 178 Å². The summed E-state index contributed by atoms with van der Waals surface area (Å²) in [4.78, 5) is 24.7. The first-order valence-corrected chi connectivity index (χ1v) is 11.1. The van der Waals surface area contributed by atoms with E-state index in [0.717, 1.165) is 16.4 Å². The summed E-state index contributed by atoms with van der Waals surface area (Å²) in [5.41, 5.74) is 1.12. The zero-order valence-corrected chi connectivity index (χ0v) is 17.5. The summed E-state index contributed by atoms with van der Waals surface area (Å²) in [7, 11) is -4.13. The number of halogens is 1. The van der Waals surface area contributed by atoms with Crippen molar-refractivity contribution >= 4 is 27.3 Å². The molecule has 0 radical (unpaired) electrons. The molecule has 0 bridgehead atoms. The lowest BCUT2D eigenvalue weighted by Crippen LogP contribution is -2.41. The summed E-state index contributed by atoms with van der Waals surface area (Å²) in [6.45, 7) is 2.44. The van der Waals surface area contributed by atoms with E-state index in [-0.39, 0.29) is 43.6 Å². The molecule has 1 saturated heterocycles. The number of sulfonamides is 1. The van der Waals surface area contributed by atoms with Gasteiger partial charge in [0.1, 0.15) is 10.7 Å². The summed E-state index contributed by atoms with van der Waals surface area (Å²) in [5.74, 6) is -1.44. The van der Waals surface area contributed by atoms with E-state index < -0.39 is 31.6 Å². The molecule has 31 heavy (non-hydrogen) atoms. The lowest BCUT2D eigenvalue weighted by Gasteiger charge is -2.27. The fourth-order valence-corrected chi connectivity index (χ4v) is 5.44. The first-order valence-electron chi connectivity index (χ1n) is 9.68. The van der Waals surface area contributed by atoms with Crippen LogP contribution in [0.3, 0.4) is 0 Å². The van der Waals surface area contributed by atoms with Crippen LogP contribution in [-0.4, -0.2) is 55.9 Å². The minimum Gasteiger partial charge on any atom is -0.379 e. The van der Waals surface area contributed by atoms with E-state index in [9.17, 15) is 27.7 Å². The largest absolute Gasteiger partial charge is 0.379 e. The minimum atomic E-state index is -4.13. The number of ether oxygens (including phenoxy) is 1. The Bertz CT molecular complexity index is 1160. The molecule has 0 N–H and O–H groups in total. The second kappa shape index (κ2) is 7.98. The first kappa shape index (κ1) is 21.3. The maximum Gasteiger partial charge on any atom is 0.269 e. The number of carbonyl (C=O) groups is 1. The zero-order chi connectivity index (χ0) is 22.3. The third-order valence-electron chi connectivity index (χ3n) is 5.47. The predicted molar refractivity (Wildman–Crippen MR) is 109 cm³/mol. The molecule has 2 aromatic carbocycles. The normalized spacial score (nSPS) is 19.3. The van der Waals surface area contributed by atoms with Crippen LogP contribution in [0.15, 0.2) is 41.3 Å². The molecule has 4 rings (SSSR count). The lowest BCUT2D eigenvalue weighted by molar-refractivity contribution is -0.384. The minimum absolute atomic E-state index is 0.0197. The van der Waals surface area contributed by atoms with Crippen molar-refractivity contribution in [3.05, 3.63) is 63.5 Å². The third-order valence-corrected chi connectivity index (χ3v) is 7.39. The van der Waals surface area contributed by atoms with Crippen molar-refractivity contribution in [2.75, 3.05) is 31.2 Å². The van der Waals surface area contributed by atoms with Crippen molar-refractivity contribution in [1.82, 2.24) is 4.31 Å². The van der Waals surface area contributed by atoms with Gasteiger partial charge in [-0.05, 0) is 43.2 Å². The van der Waals surface area contributed by atoms with Crippen molar-refractivity contribution in [1.29, 1.82) is 0 Å². The topological polar surface area (TPSA) is 110 Å². The Morgan fingerprint density at radius 3 is 2.58 bits per heavy atom. The van der Waals surface area contributed by atoms with Crippen LogP contribution >= 0.6 is 0 Å². The molecule has 9 nitrogen and oxygen atoms in total. The Morgan fingerprint density at radius 1 is 1.19 bits per heavy atom. The van der Waals surface area contributed by atoms with Gasteiger partial charge in [-0.15, -0.1) is 0 Å². The van der Waals surface area contributed by atoms with Gasteiger partial charge in [-0.1, -0.05) is 0 Å². The quantitative estimate of drug-likeness (QED) is 0.523. The number of non-ortho nitro benzene ring substituents is 1. The molecule has 11 heteroatoms. The highest BCUT2D eigenvalue weighted by Crippen LogP contribution is 2.36. The molecule has 0 saturated carbocycles. The molecule has 164 valence electrons. The van der Waals surface area contributed by atoms with Gasteiger partial charge in [0.15, 0.2) is 0 Å². The second-order valence-electron chi connectivity index (χ2n) is 7.46. The lowest BCUT2D eigenvalue weighted by atomic mass is 10.1. The van der Waals surface area contributed by atoms with E-state index in [1.165, 1.54) is 29.2 Å². The van der Waals surface area contributed by atoms with Gasteiger partial charge in [0, 0.05) is 42.5 Å². The molecule has 0 unspecified atom stereocenters. The molecule has 1 atom stereocenters. The molecule has 1 amide bonds. The van der Waals surface area contributed by atoms with Gasteiger partial charge >= 0.3 is 0 Å². The summed E-state index contributed by atoms with van der Waals surface area (Å²) in [6.07, 6.45) is 0.420. The summed E-state index contributed by atoms with van der Waals surface area (Å²) in [5, 5.41) is 11.0. The number of rotatable bonds is 4. The van der Waals surface area contributed by atoms with E-state index >= 15 is 0 Å². The van der Waals surface area contributed by atoms with Crippen LogP contribution in [0.5, 0.6) is 0 Å². The van der Waals surface area contributed by atoms with Crippen LogP contribution in [-0.2, 0) is 21.2 Å². The van der Waals surface area contributed by atoms with Gasteiger partial charge in [0.05, 0.1) is 18.1 Å². The second-order valence-corrected chi connectivity index (χ2v) is 9.37. The maximum atomic E-state index is 14.5. The number of nitro groups is 1. The fourth-order valence-electron chi connectivity index (χ4n) is 3.94. The van der Waals surface area contributed by atoms with Gasteiger partial charge in [-0.25, -0.2) is 12.8 Å². The highest BCUT2D eigenvalue weighted by Gasteiger charge is 2.35. The van der Waals surface area contributed by atoms with Gasteiger partial charge in [0.2, 0.25) is 10.0 Å². The van der Waals surface area contributed by atoms with E-state index in [2.05, 4.69) is 0 Å². The Hall–Kier alpha value is -2.89. The van der Waals surface area contributed by atoms with Crippen LogP contribution in [0.4, 0.5) is 15.8 Å². The molecule has 2 aliphatic rings. The Balaban J connectivity index is 1.69. The van der Waals surface area contributed by atoms with E-state index in [1.54, 1.807) is 6.92 Å². The number of carbonyl (C=O) groups excluding carboxylic acids is 1. The van der Waals surface area contributed by atoms with Crippen molar-refractivity contribution < 1.29 is 27.3 Å². The van der Waals surface area contributed by atoms with Crippen LogP contribution in [0.2, 0.25) is 0 Å². The number of fused-ring (bicyclic) bond motifs is 1. The number of nitrogens with zero attached hydrogens (tertiary/aromatic N) is 3. The fraction of sp³-hybridized carbons (Fsp3) is 0.350. The van der Waals surface area contributed by atoms with Crippen molar-refractivity contribution in [3.8, 4) is 0 Å². The number of benzene rings is 2. The molecular weight excluding hydrogens is 429 g/mol. The maximum absolute atomic E-state index is 14.5. The number of amides is 1. The van der Waals surface area contributed by atoms with Crippen LogP contribution in [0, 0.1) is 15.9 Å². The van der Waals surface area contributed by atoms with Crippen molar-refractivity contribution in [2.45, 2.75) is 24.3 Å². The van der Waals surface area contributed by atoms with Crippen molar-refractivity contribution in [3.63, 3.8) is 0 Å². The number of nitro benzene ring substituents is 1. The Morgan fingerprint density at radius 2 is 1.90 bits per heavy atom. The van der Waals surface area contributed by atoms with E-state index in [4.69, 9.17) is 4.74 Å². The summed E-state index contributed by atoms with van der Waals surface area (Å²) in [6, 6.07) is 7.22. The Kier molecular flexibility index (Phi) is 5.50. The first-order chi connectivity index (χ1) is 14.7. The van der Waals surface area contributed by atoms with Crippen molar-refractivity contribution in [2.24, 2.45) is 0 Å². The highest BCUT2D eigenvalue weighted by molar-refractivity contribution is 7.89. The highest BCUT2D eigenvalue weighted by atomic mass is 32.2. The van der Waals surface area contributed by atoms with Gasteiger partial charge in [-0.3, -0.25) is 14.9 Å². The van der Waals surface area contributed by atoms with E-state index in [0.29, 0.717) is 17.7 Å². The molecule has 1 fully saturated rings. The van der Waals surface area contributed by atoms with Crippen LogP contribution in [0.25, 0.3) is 0 Å². The van der Waals surface area contributed by atoms with Gasteiger partial charge in [-0.2, -0.15) is 4.31 Å². The monoisotopic (exact) mass is 449 g/mol. The molecule has 2 heterocycles. The zero-order valence-electron chi connectivity index (χ0n) is 16.7. The summed E-state index contributed by atoms with van der Waals surface area (Å²) < 4.78 is 46.6. The average Bonchev–Trinajstić information content (AvgIpc) is 3.08. The number of anilines is 1. The molecule has 2 aromatic rings. The molecule has 0 spiro atoms. The van der Waals surface area contributed by atoms with Crippen LogP contribution in [0.1, 0.15) is 22.8 Å². The number of morpholine rings is 1. The molecule has 2 aliphatic heterocycles. The number of hydrogen-bond acceptors (Lipinski definition) is 6.